The van der Waals surface area contributed by atoms with Crippen molar-refractivity contribution >= 4 is 53.8 Å². The van der Waals surface area contributed by atoms with Crippen molar-refractivity contribution in [3.63, 3.8) is 0 Å². The summed E-state index contributed by atoms with van der Waals surface area (Å²) >= 11 is 8.76. The summed E-state index contributed by atoms with van der Waals surface area (Å²) in [4.78, 5) is 11.3. The number of benzene rings is 1. The van der Waals surface area contributed by atoms with E-state index in [2.05, 4.69) is 52.5 Å². The molecule has 0 heterocycles. The Labute approximate surface area is 144 Å². The van der Waals surface area contributed by atoms with Gasteiger partial charge in [-0.25, -0.2) is 0 Å². The fraction of sp³-hybridized carbons (Fsp3) is 0.300. The highest BCUT2D eigenvalue weighted by Gasteiger charge is 2.68. The summed E-state index contributed by atoms with van der Waals surface area (Å²) in [6.45, 7) is 0. The molecular formula is C10H2Br3F6O3-. The van der Waals surface area contributed by atoms with E-state index in [0.717, 1.165) is 6.07 Å². The van der Waals surface area contributed by atoms with Crippen LogP contribution in [0.5, 0.6) is 5.75 Å². The van der Waals surface area contributed by atoms with Crippen molar-refractivity contribution in [2.45, 2.75) is 18.0 Å². The lowest BCUT2D eigenvalue weighted by molar-refractivity contribution is -0.573. The van der Waals surface area contributed by atoms with Crippen LogP contribution in [0.25, 0.3) is 0 Å². The lowest BCUT2D eigenvalue weighted by Gasteiger charge is -2.40. The molecule has 0 N–H and O–H groups in total. The molecule has 0 unspecified atom stereocenters. The van der Waals surface area contributed by atoms with Gasteiger partial charge in [0.25, 0.3) is 0 Å². The van der Waals surface area contributed by atoms with E-state index >= 15 is 0 Å². The first-order chi connectivity index (χ1) is 9.73. The number of ether oxygens (including phenoxy) is 1. The van der Waals surface area contributed by atoms with Gasteiger partial charge in [0.2, 0.25) is 0 Å². The van der Waals surface area contributed by atoms with Crippen molar-refractivity contribution in [1.82, 2.24) is 0 Å². The van der Waals surface area contributed by atoms with Gasteiger partial charge in [-0.15, -0.1) is 0 Å². The summed E-state index contributed by atoms with van der Waals surface area (Å²) in [5.74, 6) is -3.71. The molecule has 124 valence electrons. The number of esters is 1. The van der Waals surface area contributed by atoms with Crippen LogP contribution in [0.2, 0.25) is 0 Å². The van der Waals surface area contributed by atoms with Gasteiger partial charge in [0.05, 0.1) is 4.47 Å². The second kappa shape index (κ2) is 6.29. The molecule has 1 aromatic carbocycles. The quantitative estimate of drug-likeness (QED) is 0.254. The van der Waals surface area contributed by atoms with Crippen LogP contribution in [0.15, 0.2) is 25.6 Å². The molecule has 22 heavy (non-hydrogen) atoms. The second-order valence-electron chi connectivity index (χ2n) is 3.74. The Bertz CT molecular complexity index is 585. The van der Waals surface area contributed by atoms with E-state index in [1.807, 2.05) is 0 Å². The van der Waals surface area contributed by atoms with E-state index in [1.165, 1.54) is 6.07 Å². The molecule has 0 radical (unpaired) electrons. The van der Waals surface area contributed by atoms with Gasteiger partial charge in [0, 0.05) is 8.95 Å². The normalized spacial score (nSPS) is 13.2. The summed E-state index contributed by atoms with van der Waals surface area (Å²) in [6, 6.07) is 2.09. The van der Waals surface area contributed by atoms with Crippen LogP contribution in [-0.2, 0) is 4.79 Å². The van der Waals surface area contributed by atoms with Crippen LogP contribution in [0.4, 0.5) is 26.3 Å². The average molecular weight is 524 g/mol. The van der Waals surface area contributed by atoms with Crippen molar-refractivity contribution in [3.05, 3.63) is 25.6 Å². The van der Waals surface area contributed by atoms with Gasteiger partial charge in [0.15, 0.2) is 5.60 Å². The Morgan fingerprint density at radius 3 is 1.82 bits per heavy atom. The number of halogens is 9. The van der Waals surface area contributed by atoms with Crippen LogP contribution in [0, 0.1) is 0 Å². The second-order valence-corrected chi connectivity index (χ2v) is 6.18. The predicted molar refractivity (Wildman–Crippen MR) is 70.0 cm³/mol. The van der Waals surface area contributed by atoms with Crippen LogP contribution < -0.4 is 9.84 Å². The highest BCUT2D eigenvalue weighted by Crippen LogP contribution is 2.43. The number of carbonyl (C=O) groups excluding carboxylic acids is 1. The highest BCUT2D eigenvalue weighted by atomic mass is 79.9. The van der Waals surface area contributed by atoms with Gasteiger partial charge in [0.1, 0.15) is 5.75 Å². The Morgan fingerprint density at radius 1 is 0.955 bits per heavy atom. The molecule has 1 aromatic rings. The molecule has 0 fully saturated rings. The maximum Gasteiger partial charge on any atom is 0.399 e. The molecule has 0 aliphatic rings. The number of alkyl halides is 6. The van der Waals surface area contributed by atoms with Gasteiger partial charge in [-0.3, -0.25) is 4.79 Å². The van der Waals surface area contributed by atoms with Crippen LogP contribution in [0.1, 0.15) is 0 Å². The fourth-order valence-electron chi connectivity index (χ4n) is 1.15. The summed E-state index contributed by atoms with van der Waals surface area (Å²) in [5.41, 5.74) is -5.89. The van der Waals surface area contributed by atoms with E-state index in [1.54, 1.807) is 0 Å². The van der Waals surface area contributed by atoms with Crippen molar-refractivity contribution in [1.29, 1.82) is 0 Å². The first-order valence-electron chi connectivity index (χ1n) is 4.93. The third kappa shape index (κ3) is 3.44. The topological polar surface area (TPSA) is 49.4 Å². The lowest BCUT2D eigenvalue weighted by atomic mass is 10.0. The molecule has 0 spiro atoms. The largest absolute Gasteiger partial charge is 0.828 e. The predicted octanol–water partition coefficient (Wildman–Crippen LogP) is 4.10. The van der Waals surface area contributed by atoms with Gasteiger partial charge in [-0.1, -0.05) is 0 Å². The number of carbonyl (C=O) groups is 1. The molecule has 0 saturated heterocycles. The molecule has 0 saturated carbocycles. The molecule has 0 aromatic heterocycles. The standard InChI is InChI=1S/C10H2Br3F6O3/c11-3-1-2-4(6(13)5(3)12)22-7(20)8(21,9(14,15)16)10(17,18)19/h1-2H/q-1. The van der Waals surface area contributed by atoms with Gasteiger partial charge >= 0.3 is 18.3 Å². The molecule has 3 nitrogen and oxygen atoms in total. The Morgan fingerprint density at radius 2 is 1.41 bits per heavy atom. The van der Waals surface area contributed by atoms with Gasteiger partial charge in [-0.2, -0.15) is 26.3 Å². The van der Waals surface area contributed by atoms with Gasteiger partial charge in [-0.05, 0) is 59.9 Å². The van der Waals surface area contributed by atoms with E-state index < -0.39 is 29.7 Å². The lowest BCUT2D eigenvalue weighted by Crippen LogP contribution is -2.72. The van der Waals surface area contributed by atoms with Gasteiger partial charge < -0.3 is 9.84 Å². The van der Waals surface area contributed by atoms with Crippen molar-refractivity contribution in [2.24, 2.45) is 0 Å². The average Bonchev–Trinajstić information content (AvgIpc) is 2.35. The molecule has 0 aliphatic heterocycles. The molecule has 0 aliphatic carbocycles. The molecule has 0 amide bonds. The smallest absolute Gasteiger partial charge is 0.399 e. The first-order valence-corrected chi connectivity index (χ1v) is 7.31. The number of rotatable bonds is 2. The van der Waals surface area contributed by atoms with E-state index in [0.29, 0.717) is 4.47 Å². The van der Waals surface area contributed by atoms with Crippen molar-refractivity contribution in [2.75, 3.05) is 0 Å². The number of hydrogen-bond donors (Lipinski definition) is 0. The third-order valence-corrected chi connectivity index (χ3v) is 5.62. The summed E-state index contributed by atoms with van der Waals surface area (Å²) in [5, 5.41) is 11.2. The monoisotopic (exact) mass is 521 g/mol. The minimum absolute atomic E-state index is 0.151. The molecule has 0 bridgehead atoms. The zero-order chi connectivity index (χ0) is 17.5. The fourth-order valence-corrected chi connectivity index (χ4v) is 2.50. The molecule has 12 heteroatoms. The minimum atomic E-state index is -6.42. The highest BCUT2D eigenvalue weighted by molar-refractivity contribution is 9.14. The van der Waals surface area contributed by atoms with Crippen LogP contribution >= 0.6 is 47.8 Å². The van der Waals surface area contributed by atoms with Crippen LogP contribution in [-0.4, -0.2) is 23.9 Å². The zero-order valence-corrected chi connectivity index (χ0v) is 14.5. The van der Waals surface area contributed by atoms with E-state index in [-0.39, 0.29) is 8.95 Å². The first kappa shape index (κ1) is 19.7. The summed E-state index contributed by atoms with van der Waals surface area (Å²) in [7, 11) is 0. The Kier molecular flexibility index (Phi) is 5.63. The Balaban J connectivity index is 3.28. The summed E-state index contributed by atoms with van der Waals surface area (Å²) in [6.07, 6.45) is -12.8. The maximum atomic E-state index is 12.4. The molecule has 1 rings (SSSR count). The SMILES string of the molecule is O=C(Oc1ccc(Br)c(Br)c1Br)C([O-])(C(F)(F)F)C(F)(F)F. The third-order valence-electron chi connectivity index (χ3n) is 2.29. The molecule has 0 atom stereocenters. The maximum absolute atomic E-state index is 12.4. The Hall–Kier alpha value is -0.330. The van der Waals surface area contributed by atoms with Crippen molar-refractivity contribution in [3.8, 4) is 5.75 Å². The molecular weight excluding hydrogens is 522 g/mol. The van der Waals surface area contributed by atoms with Crippen LogP contribution in [0.3, 0.4) is 0 Å². The zero-order valence-electron chi connectivity index (χ0n) is 9.78. The summed E-state index contributed by atoms with van der Waals surface area (Å²) < 4.78 is 79.0. The van der Waals surface area contributed by atoms with E-state index in [4.69, 9.17) is 0 Å². The van der Waals surface area contributed by atoms with Crippen molar-refractivity contribution < 1.29 is 41.0 Å². The minimum Gasteiger partial charge on any atom is -0.828 e. The number of hydrogen-bond acceptors (Lipinski definition) is 3. The van der Waals surface area contributed by atoms with E-state index in [9.17, 15) is 36.2 Å².